The van der Waals surface area contributed by atoms with Crippen molar-refractivity contribution in [1.29, 1.82) is 0 Å². The van der Waals surface area contributed by atoms with E-state index in [1.54, 1.807) is 0 Å². The van der Waals surface area contributed by atoms with Gasteiger partial charge < -0.3 is 14.8 Å². The molecular formula is C24H33F3N2O5S. The monoisotopic (exact) mass is 518 g/mol. The van der Waals surface area contributed by atoms with E-state index < -0.39 is 38.7 Å². The first-order valence-corrected chi connectivity index (χ1v) is 13.9. The topological polar surface area (TPSA) is 94.6 Å². The highest BCUT2D eigenvalue weighted by molar-refractivity contribution is 7.92. The fraction of sp³-hybridized carbons (Fsp3) is 0.750. The highest BCUT2D eigenvalue weighted by Crippen LogP contribution is 2.44. The SMILES string of the molecule is COc1cc(C(F)(F)F)nc(OC)c1C(=O)NCC1CC(CC2CC2)CCC1S(=O)(=O)CC1CC1. The normalized spacial score (nSPS) is 25.2. The maximum Gasteiger partial charge on any atom is 0.433 e. The fourth-order valence-corrected chi connectivity index (χ4v) is 7.80. The molecule has 0 radical (unpaired) electrons. The summed E-state index contributed by atoms with van der Waals surface area (Å²) in [5.74, 6) is -0.180. The van der Waals surface area contributed by atoms with Crippen molar-refractivity contribution in [2.24, 2.45) is 23.7 Å². The van der Waals surface area contributed by atoms with Crippen LogP contribution in [-0.2, 0) is 16.0 Å². The Balaban J connectivity index is 1.52. The van der Waals surface area contributed by atoms with Crippen molar-refractivity contribution in [2.75, 3.05) is 26.5 Å². The molecule has 1 N–H and O–H groups in total. The van der Waals surface area contributed by atoms with Crippen LogP contribution in [0.1, 0.15) is 67.4 Å². The number of amides is 1. The number of aromatic nitrogens is 1. The third-order valence-corrected chi connectivity index (χ3v) is 9.90. The maximum absolute atomic E-state index is 13.2. The number of sulfone groups is 1. The van der Waals surface area contributed by atoms with Gasteiger partial charge in [0.1, 0.15) is 11.3 Å². The molecule has 3 aliphatic rings. The smallest absolute Gasteiger partial charge is 0.433 e. The van der Waals surface area contributed by atoms with Gasteiger partial charge in [-0.1, -0.05) is 12.8 Å². The van der Waals surface area contributed by atoms with E-state index in [1.165, 1.54) is 12.8 Å². The number of carbonyl (C=O) groups is 1. The van der Waals surface area contributed by atoms with Crippen LogP contribution in [-0.4, -0.2) is 51.1 Å². The summed E-state index contributed by atoms with van der Waals surface area (Å²) in [5.41, 5.74) is -1.48. The van der Waals surface area contributed by atoms with Gasteiger partial charge in [0.2, 0.25) is 5.88 Å². The van der Waals surface area contributed by atoms with Crippen LogP contribution < -0.4 is 14.8 Å². The van der Waals surface area contributed by atoms with Crippen molar-refractivity contribution in [3.63, 3.8) is 0 Å². The quantitative estimate of drug-likeness (QED) is 0.498. The van der Waals surface area contributed by atoms with Crippen LogP contribution in [0.4, 0.5) is 13.2 Å². The minimum atomic E-state index is -4.74. The molecule has 7 nitrogen and oxygen atoms in total. The average molecular weight is 519 g/mol. The summed E-state index contributed by atoms with van der Waals surface area (Å²) in [5, 5.41) is 2.23. The number of halogens is 3. The van der Waals surface area contributed by atoms with Gasteiger partial charge >= 0.3 is 6.18 Å². The summed E-state index contributed by atoms with van der Waals surface area (Å²) in [4.78, 5) is 16.5. The lowest BCUT2D eigenvalue weighted by Crippen LogP contribution is -2.43. The summed E-state index contributed by atoms with van der Waals surface area (Å²) >= 11 is 0. The summed E-state index contributed by atoms with van der Waals surface area (Å²) < 4.78 is 75.9. The third-order valence-electron chi connectivity index (χ3n) is 7.42. The van der Waals surface area contributed by atoms with Gasteiger partial charge in [0, 0.05) is 12.6 Å². The first kappa shape index (κ1) is 26.0. The first-order valence-electron chi connectivity index (χ1n) is 12.2. The molecule has 0 aromatic carbocycles. The van der Waals surface area contributed by atoms with Gasteiger partial charge in [-0.25, -0.2) is 13.4 Å². The second kappa shape index (κ2) is 10.1. The van der Waals surface area contributed by atoms with Gasteiger partial charge in [-0.05, 0) is 62.2 Å². The van der Waals surface area contributed by atoms with Crippen molar-refractivity contribution < 1.29 is 35.9 Å². The van der Waals surface area contributed by atoms with Gasteiger partial charge in [0.15, 0.2) is 15.5 Å². The number of ether oxygens (including phenoxy) is 2. The van der Waals surface area contributed by atoms with Crippen molar-refractivity contribution in [3.05, 3.63) is 17.3 Å². The van der Waals surface area contributed by atoms with Crippen molar-refractivity contribution in [1.82, 2.24) is 10.3 Å². The zero-order chi connectivity index (χ0) is 25.4. The molecule has 3 aliphatic carbocycles. The fourth-order valence-electron chi connectivity index (χ4n) is 5.27. The van der Waals surface area contributed by atoms with Gasteiger partial charge in [-0.15, -0.1) is 0 Å². The van der Waals surface area contributed by atoms with Crippen LogP contribution in [0.2, 0.25) is 0 Å². The molecule has 35 heavy (non-hydrogen) atoms. The van der Waals surface area contributed by atoms with E-state index in [-0.39, 0.29) is 35.4 Å². The van der Waals surface area contributed by atoms with Crippen LogP contribution in [0, 0.1) is 23.7 Å². The molecule has 4 rings (SSSR count). The standard InChI is InChI=1S/C24H33F3N2O5S/c1-33-18-11-20(24(25,26)27)29-23(34-2)21(18)22(30)28-12-17-10-16(9-14-3-4-14)7-8-19(17)35(31,32)13-15-5-6-15/h11,14-17,19H,3-10,12-13H2,1-2H3,(H,28,30). The van der Waals surface area contributed by atoms with Crippen molar-refractivity contribution in [2.45, 2.75) is 62.8 Å². The molecule has 3 fully saturated rings. The minimum absolute atomic E-state index is 0.113. The summed E-state index contributed by atoms with van der Waals surface area (Å²) in [6.07, 6.45) is 2.86. The molecule has 3 atom stereocenters. The van der Waals surface area contributed by atoms with Crippen LogP contribution in [0.3, 0.4) is 0 Å². The molecule has 1 amide bonds. The number of methoxy groups -OCH3 is 2. The summed E-state index contributed by atoms with van der Waals surface area (Å²) in [7, 11) is -1.01. The Morgan fingerprint density at radius 1 is 1.06 bits per heavy atom. The van der Waals surface area contributed by atoms with E-state index >= 15 is 0 Å². The first-order chi connectivity index (χ1) is 16.5. The molecule has 0 saturated heterocycles. The molecule has 3 saturated carbocycles. The average Bonchev–Trinajstić information content (AvgIpc) is 3.73. The van der Waals surface area contributed by atoms with E-state index in [2.05, 4.69) is 10.3 Å². The van der Waals surface area contributed by atoms with E-state index in [0.717, 1.165) is 45.8 Å². The third kappa shape index (κ3) is 6.40. The van der Waals surface area contributed by atoms with E-state index in [9.17, 15) is 26.4 Å². The molecule has 0 spiro atoms. The summed E-state index contributed by atoms with van der Waals surface area (Å²) in [6.45, 7) is 0.113. The lowest BCUT2D eigenvalue weighted by Gasteiger charge is -2.36. The maximum atomic E-state index is 13.2. The number of carbonyl (C=O) groups excluding carboxylic acids is 1. The Labute approximate surface area is 204 Å². The molecule has 0 bridgehead atoms. The minimum Gasteiger partial charge on any atom is -0.496 e. The Morgan fingerprint density at radius 2 is 1.71 bits per heavy atom. The molecule has 1 aromatic heterocycles. The zero-order valence-corrected chi connectivity index (χ0v) is 20.9. The Hall–Kier alpha value is -2.04. The molecular weight excluding hydrogens is 485 g/mol. The van der Waals surface area contributed by atoms with Gasteiger partial charge in [0.25, 0.3) is 5.91 Å². The molecule has 196 valence electrons. The second-order valence-electron chi connectivity index (χ2n) is 10.2. The van der Waals surface area contributed by atoms with Gasteiger partial charge in [0.05, 0.1) is 25.2 Å². The molecule has 0 aliphatic heterocycles. The second-order valence-corrected chi connectivity index (χ2v) is 12.5. The lowest BCUT2D eigenvalue weighted by molar-refractivity contribution is -0.141. The lowest BCUT2D eigenvalue weighted by atomic mass is 9.78. The number of hydrogen-bond acceptors (Lipinski definition) is 6. The largest absolute Gasteiger partial charge is 0.496 e. The van der Waals surface area contributed by atoms with E-state index in [0.29, 0.717) is 24.8 Å². The number of nitrogens with one attached hydrogen (secondary N) is 1. The van der Waals surface area contributed by atoms with E-state index in [1.807, 2.05) is 0 Å². The zero-order valence-electron chi connectivity index (χ0n) is 20.1. The Bertz CT molecular complexity index is 1010. The molecule has 11 heteroatoms. The van der Waals surface area contributed by atoms with Gasteiger partial charge in [-0.3, -0.25) is 4.79 Å². The molecule has 1 heterocycles. The predicted octanol–water partition coefficient (Wildman–Crippen LogP) is 4.26. The van der Waals surface area contributed by atoms with Crippen molar-refractivity contribution in [3.8, 4) is 11.6 Å². The van der Waals surface area contributed by atoms with Crippen LogP contribution in [0.5, 0.6) is 11.6 Å². The van der Waals surface area contributed by atoms with Crippen molar-refractivity contribution >= 4 is 15.7 Å². The number of pyridine rings is 1. The number of nitrogens with zero attached hydrogens (tertiary/aromatic N) is 1. The highest BCUT2D eigenvalue weighted by atomic mass is 32.2. The highest BCUT2D eigenvalue weighted by Gasteiger charge is 2.42. The number of alkyl halides is 3. The van der Waals surface area contributed by atoms with Crippen LogP contribution in [0.25, 0.3) is 0 Å². The summed E-state index contributed by atoms with van der Waals surface area (Å²) in [6, 6.07) is 0.659. The number of hydrogen-bond donors (Lipinski definition) is 1. The molecule has 3 unspecified atom stereocenters. The Morgan fingerprint density at radius 3 is 2.29 bits per heavy atom. The number of rotatable bonds is 10. The predicted molar refractivity (Wildman–Crippen MR) is 123 cm³/mol. The van der Waals surface area contributed by atoms with Gasteiger partial charge in [-0.2, -0.15) is 13.2 Å². The van der Waals surface area contributed by atoms with E-state index in [4.69, 9.17) is 9.47 Å². The molecule has 1 aromatic rings. The Kier molecular flexibility index (Phi) is 7.54. The van der Waals surface area contributed by atoms with Crippen LogP contribution in [0.15, 0.2) is 6.07 Å². The van der Waals surface area contributed by atoms with Crippen LogP contribution >= 0.6 is 0 Å².